The van der Waals surface area contributed by atoms with E-state index in [1.807, 2.05) is 30.3 Å². The predicted octanol–water partition coefficient (Wildman–Crippen LogP) is 5.93. The number of amides is 1. The number of benzene rings is 3. The third-order valence-corrected chi connectivity index (χ3v) is 4.91. The van der Waals surface area contributed by atoms with Crippen molar-refractivity contribution in [2.24, 2.45) is 0 Å². The molecule has 3 aromatic carbocycles. The zero-order valence-corrected chi connectivity index (χ0v) is 17.6. The third kappa shape index (κ3) is 4.39. The molecule has 0 saturated carbocycles. The van der Waals surface area contributed by atoms with Crippen molar-refractivity contribution >= 4 is 23.2 Å². The van der Waals surface area contributed by atoms with E-state index in [0.29, 0.717) is 45.0 Å². The van der Waals surface area contributed by atoms with Crippen molar-refractivity contribution in [3.05, 3.63) is 83.5 Å². The summed E-state index contributed by atoms with van der Waals surface area (Å²) in [5, 5.41) is 3.33. The lowest BCUT2D eigenvalue weighted by Gasteiger charge is -2.12. The summed E-state index contributed by atoms with van der Waals surface area (Å²) in [6, 6.07) is 19.6. The lowest BCUT2D eigenvalue weighted by Crippen LogP contribution is -2.14. The van der Waals surface area contributed by atoms with Gasteiger partial charge in [-0.1, -0.05) is 35.9 Å². The minimum atomic E-state index is -0.336. The van der Waals surface area contributed by atoms with Crippen LogP contribution >= 0.6 is 11.6 Å². The number of oxazole rings is 1. The van der Waals surface area contributed by atoms with Gasteiger partial charge in [0.25, 0.3) is 5.91 Å². The van der Waals surface area contributed by atoms with Crippen LogP contribution in [0.1, 0.15) is 10.4 Å². The third-order valence-electron chi connectivity index (χ3n) is 4.67. The fourth-order valence-corrected chi connectivity index (χ4v) is 3.32. The number of carbonyl (C=O) groups is 1. The number of nitrogens with zero attached hydrogens (tertiary/aromatic N) is 1. The molecule has 0 saturated heterocycles. The largest absolute Gasteiger partial charge is 0.497 e. The van der Waals surface area contributed by atoms with E-state index in [1.54, 1.807) is 49.7 Å². The summed E-state index contributed by atoms with van der Waals surface area (Å²) in [5.41, 5.74) is 2.27. The highest BCUT2D eigenvalue weighted by molar-refractivity contribution is 6.31. The van der Waals surface area contributed by atoms with Gasteiger partial charge in [0, 0.05) is 16.1 Å². The molecule has 1 heterocycles. The van der Waals surface area contributed by atoms with Crippen LogP contribution in [0.3, 0.4) is 0 Å². The van der Waals surface area contributed by atoms with Crippen molar-refractivity contribution in [3.8, 4) is 34.3 Å². The number of hydrogen-bond acceptors (Lipinski definition) is 5. The van der Waals surface area contributed by atoms with E-state index in [2.05, 4.69) is 10.3 Å². The first kappa shape index (κ1) is 20.5. The summed E-state index contributed by atoms with van der Waals surface area (Å²) in [6.07, 6.45) is 1.62. The molecule has 1 aromatic heterocycles. The van der Waals surface area contributed by atoms with Crippen LogP contribution in [-0.2, 0) is 0 Å². The molecule has 0 spiro atoms. The van der Waals surface area contributed by atoms with Gasteiger partial charge in [-0.25, -0.2) is 4.98 Å². The van der Waals surface area contributed by atoms with Crippen LogP contribution in [0.15, 0.2) is 77.3 Å². The average molecular weight is 435 g/mol. The van der Waals surface area contributed by atoms with E-state index in [4.69, 9.17) is 25.5 Å². The molecule has 0 atom stereocenters. The molecule has 0 radical (unpaired) electrons. The minimum Gasteiger partial charge on any atom is -0.497 e. The fraction of sp³-hybridized carbons (Fsp3) is 0.0833. The first-order valence-corrected chi connectivity index (χ1v) is 9.81. The van der Waals surface area contributed by atoms with Gasteiger partial charge >= 0.3 is 0 Å². The minimum absolute atomic E-state index is 0.335. The summed E-state index contributed by atoms with van der Waals surface area (Å²) < 4.78 is 16.5. The van der Waals surface area contributed by atoms with Crippen LogP contribution in [0.4, 0.5) is 5.69 Å². The Morgan fingerprint density at radius 2 is 1.84 bits per heavy atom. The molecular weight excluding hydrogens is 416 g/mol. The summed E-state index contributed by atoms with van der Waals surface area (Å²) >= 11 is 6.07. The molecule has 0 unspecified atom stereocenters. The van der Waals surface area contributed by atoms with Gasteiger partial charge in [0.1, 0.15) is 11.5 Å². The molecule has 0 aliphatic heterocycles. The molecule has 0 aliphatic rings. The van der Waals surface area contributed by atoms with E-state index in [1.165, 1.54) is 7.11 Å². The van der Waals surface area contributed by atoms with Crippen LogP contribution in [0.2, 0.25) is 5.02 Å². The quantitative estimate of drug-likeness (QED) is 0.407. The Morgan fingerprint density at radius 1 is 1.00 bits per heavy atom. The van der Waals surface area contributed by atoms with Gasteiger partial charge in [-0.05, 0) is 42.5 Å². The normalized spacial score (nSPS) is 10.5. The molecule has 6 nitrogen and oxygen atoms in total. The van der Waals surface area contributed by atoms with E-state index >= 15 is 0 Å². The van der Waals surface area contributed by atoms with E-state index < -0.39 is 0 Å². The molecular formula is C24H19ClN2O4. The highest BCUT2D eigenvalue weighted by Gasteiger charge is 2.18. The first-order chi connectivity index (χ1) is 15.1. The summed E-state index contributed by atoms with van der Waals surface area (Å²) in [4.78, 5) is 17.4. The highest BCUT2D eigenvalue weighted by atomic mass is 35.5. The van der Waals surface area contributed by atoms with Crippen molar-refractivity contribution in [1.29, 1.82) is 0 Å². The summed E-state index contributed by atoms with van der Waals surface area (Å²) in [6.45, 7) is 0. The predicted molar refractivity (Wildman–Crippen MR) is 120 cm³/mol. The number of nitrogens with one attached hydrogen (secondary N) is 1. The highest BCUT2D eigenvalue weighted by Crippen LogP contribution is 2.32. The standard InChI is InChI=1S/C24H19ClN2O4/c1-29-17-7-5-6-15(12-17)22-14-26-24(31-22)19-9-4-3-8-18(19)23(28)27-20-13-16(25)10-11-21(20)30-2/h3-14H,1-2H3,(H,27,28). The number of aromatic nitrogens is 1. The lowest BCUT2D eigenvalue weighted by atomic mass is 10.1. The molecule has 0 aliphatic carbocycles. The molecule has 1 amide bonds. The Kier molecular flexibility index (Phi) is 5.91. The molecule has 1 N–H and O–H groups in total. The second-order valence-electron chi connectivity index (χ2n) is 6.61. The molecule has 31 heavy (non-hydrogen) atoms. The summed E-state index contributed by atoms with van der Waals surface area (Å²) in [7, 11) is 3.13. The second-order valence-corrected chi connectivity index (χ2v) is 7.04. The fourth-order valence-electron chi connectivity index (χ4n) is 3.14. The van der Waals surface area contributed by atoms with Crippen molar-refractivity contribution in [3.63, 3.8) is 0 Å². The van der Waals surface area contributed by atoms with Gasteiger partial charge in [0.15, 0.2) is 5.76 Å². The van der Waals surface area contributed by atoms with E-state index in [9.17, 15) is 4.79 Å². The number of methoxy groups -OCH3 is 2. The maximum absolute atomic E-state index is 13.1. The molecule has 0 fully saturated rings. The van der Waals surface area contributed by atoms with E-state index in [-0.39, 0.29) is 5.91 Å². The Morgan fingerprint density at radius 3 is 2.65 bits per heavy atom. The van der Waals surface area contributed by atoms with Gasteiger partial charge in [-0.15, -0.1) is 0 Å². The van der Waals surface area contributed by atoms with Crippen LogP contribution in [-0.4, -0.2) is 25.1 Å². The Bertz CT molecular complexity index is 1240. The maximum Gasteiger partial charge on any atom is 0.256 e. The van der Waals surface area contributed by atoms with Gasteiger partial charge in [0.05, 0.1) is 31.7 Å². The number of anilines is 1. The average Bonchev–Trinajstić information content (AvgIpc) is 3.29. The molecule has 156 valence electrons. The number of ether oxygens (including phenoxy) is 2. The van der Waals surface area contributed by atoms with Crippen molar-refractivity contribution in [1.82, 2.24) is 4.98 Å². The lowest BCUT2D eigenvalue weighted by molar-refractivity contribution is 0.102. The maximum atomic E-state index is 13.1. The SMILES string of the molecule is COc1cccc(-c2cnc(-c3ccccc3C(=O)Nc3cc(Cl)ccc3OC)o2)c1. The smallest absolute Gasteiger partial charge is 0.256 e. The summed E-state index contributed by atoms with van der Waals surface area (Å²) in [5.74, 6) is 1.79. The number of halogens is 1. The number of rotatable bonds is 6. The molecule has 4 aromatic rings. The monoisotopic (exact) mass is 434 g/mol. The van der Waals surface area contributed by atoms with Crippen LogP contribution in [0.5, 0.6) is 11.5 Å². The van der Waals surface area contributed by atoms with Crippen molar-refractivity contribution in [2.45, 2.75) is 0 Å². The van der Waals surface area contributed by atoms with Crippen LogP contribution in [0.25, 0.3) is 22.8 Å². The van der Waals surface area contributed by atoms with E-state index in [0.717, 1.165) is 5.56 Å². The Hall–Kier alpha value is -3.77. The number of carbonyl (C=O) groups excluding carboxylic acids is 1. The van der Waals surface area contributed by atoms with Gasteiger partial charge < -0.3 is 19.2 Å². The first-order valence-electron chi connectivity index (χ1n) is 9.43. The topological polar surface area (TPSA) is 73.6 Å². The molecule has 7 heteroatoms. The van der Waals surface area contributed by atoms with Gasteiger partial charge in [-0.3, -0.25) is 4.79 Å². The van der Waals surface area contributed by atoms with Crippen molar-refractivity contribution in [2.75, 3.05) is 19.5 Å². The molecule has 0 bridgehead atoms. The zero-order chi connectivity index (χ0) is 21.8. The van der Waals surface area contributed by atoms with Crippen molar-refractivity contribution < 1.29 is 18.7 Å². The number of hydrogen-bond donors (Lipinski definition) is 1. The zero-order valence-electron chi connectivity index (χ0n) is 16.9. The molecule has 4 rings (SSSR count). The van der Waals surface area contributed by atoms with Crippen LogP contribution < -0.4 is 14.8 Å². The Labute approximate surface area is 184 Å². The van der Waals surface area contributed by atoms with Crippen LogP contribution in [0, 0.1) is 0 Å². The van der Waals surface area contributed by atoms with Gasteiger partial charge in [0.2, 0.25) is 5.89 Å². The Balaban J connectivity index is 1.66. The van der Waals surface area contributed by atoms with Gasteiger partial charge in [-0.2, -0.15) is 0 Å². The second kappa shape index (κ2) is 8.93.